The van der Waals surface area contributed by atoms with Crippen LogP contribution in [0.4, 0.5) is 5.95 Å². The van der Waals surface area contributed by atoms with E-state index in [-0.39, 0.29) is 12.6 Å². The number of hydrogen-bond donors (Lipinski definition) is 4. The summed E-state index contributed by atoms with van der Waals surface area (Å²) in [6.45, 7) is 3.78. The van der Waals surface area contributed by atoms with Crippen LogP contribution in [0.5, 0.6) is 0 Å². The van der Waals surface area contributed by atoms with E-state index in [1.807, 2.05) is 13.8 Å². The molecule has 0 saturated carbocycles. The highest BCUT2D eigenvalue weighted by molar-refractivity contribution is 6.42. The lowest BCUT2D eigenvalue weighted by Gasteiger charge is -2.36. The topological polar surface area (TPSA) is 99.8 Å². The second kappa shape index (κ2) is 6.67. The van der Waals surface area contributed by atoms with E-state index in [1.54, 1.807) is 16.7 Å². The zero-order valence-electron chi connectivity index (χ0n) is 13.1. The number of nitrogens with one attached hydrogen (secondary N) is 1. The van der Waals surface area contributed by atoms with Crippen molar-refractivity contribution < 1.29 is 20.1 Å². The number of ether oxygens (including phenoxy) is 1. The normalized spacial score (nSPS) is 27.8. The number of benzene rings is 1. The second-order valence-corrected chi connectivity index (χ2v) is 6.95. The number of rotatable bonds is 3. The summed E-state index contributed by atoms with van der Waals surface area (Å²) in [7, 11) is 0. The van der Waals surface area contributed by atoms with E-state index in [0.29, 0.717) is 27.0 Å². The number of hydrogen-bond acceptors (Lipinski definition) is 6. The Morgan fingerprint density at radius 3 is 2.54 bits per heavy atom. The van der Waals surface area contributed by atoms with E-state index in [9.17, 15) is 15.3 Å². The molecule has 24 heavy (non-hydrogen) atoms. The predicted octanol–water partition coefficient (Wildman–Crippen LogP) is 1.77. The van der Waals surface area contributed by atoms with Crippen LogP contribution in [0, 0.1) is 0 Å². The van der Waals surface area contributed by atoms with E-state index >= 15 is 0 Å². The first kappa shape index (κ1) is 17.7. The van der Waals surface area contributed by atoms with Gasteiger partial charge in [0.05, 0.1) is 27.7 Å². The Morgan fingerprint density at radius 1 is 1.21 bits per heavy atom. The Bertz CT molecular complexity index is 752. The molecule has 0 bridgehead atoms. The summed E-state index contributed by atoms with van der Waals surface area (Å²) in [6.07, 6.45) is -4.72. The number of aliphatic hydroxyl groups is 3. The van der Waals surface area contributed by atoms with Crippen LogP contribution in [0.15, 0.2) is 12.1 Å². The fourth-order valence-electron chi connectivity index (χ4n) is 2.73. The Labute approximate surface area is 148 Å². The molecule has 1 aliphatic rings. The highest BCUT2D eigenvalue weighted by Crippen LogP contribution is 2.35. The van der Waals surface area contributed by atoms with E-state index in [4.69, 9.17) is 27.9 Å². The van der Waals surface area contributed by atoms with Gasteiger partial charge in [-0.3, -0.25) is 4.57 Å². The van der Waals surface area contributed by atoms with Crippen LogP contribution in [-0.4, -0.2) is 55.8 Å². The highest BCUT2D eigenvalue weighted by Gasteiger charge is 2.40. The number of imidazole rings is 1. The zero-order chi connectivity index (χ0) is 17.6. The second-order valence-electron chi connectivity index (χ2n) is 6.13. The van der Waals surface area contributed by atoms with Gasteiger partial charge in [0.15, 0.2) is 6.23 Å². The van der Waals surface area contributed by atoms with Crippen LogP contribution in [0.25, 0.3) is 11.0 Å². The molecule has 0 amide bonds. The van der Waals surface area contributed by atoms with Gasteiger partial charge in [-0.15, -0.1) is 0 Å². The van der Waals surface area contributed by atoms with Crippen molar-refractivity contribution in [3.05, 3.63) is 22.2 Å². The van der Waals surface area contributed by atoms with Gasteiger partial charge in [-0.05, 0) is 26.0 Å². The first-order valence-corrected chi connectivity index (χ1v) is 8.34. The molecule has 9 heteroatoms. The van der Waals surface area contributed by atoms with Gasteiger partial charge in [0, 0.05) is 6.04 Å². The van der Waals surface area contributed by atoms with Crippen LogP contribution >= 0.6 is 23.2 Å². The minimum Gasteiger partial charge on any atom is -0.388 e. The molecule has 2 heterocycles. The summed E-state index contributed by atoms with van der Waals surface area (Å²) in [4.78, 5) is 4.48. The Hall–Kier alpha value is -1.09. The molecule has 3 rings (SSSR count). The van der Waals surface area contributed by atoms with Crippen molar-refractivity contribution in [2.45, 2.75) is 44.4 Å². The highest BCUT2D eigenvalue weighted by atomic mass is 35.5. The molecule has 132 valence electrons. The maximum Gasteiger partial charge on any atom is 0.206 e. The molecule has 0 radical (unpaired) electrons. The smallest absolute Gasteiger partial charge is 0.206 e. The SMILES string of the molecule is CC(C)Nc1nc2cc(Cl)c(Cl)cc2n1[C@@H]1OC[C@@H](O)[C@H](O)[C@@H]1O. The van der Waals surface area contributed by atoms with Crippen molar-refractivity contribution in [3.8, 4) is 0 Å². The third-order valence-corrected chi connectivity index (χ3v) is 4.60. The Balaban J connectivity index is 2.15. The van der Waals surface area contributed by atoms with Gasteiger partial charge in [0.25, 0.3) is 0 Å². The Kier molecular flexibility index (Phi) is 4.92. The van der Waals surface area contributed by atoms with Crippen molar-refractivity contribution in [2.75, 3.05) is 11.9 Å². The first-order chi connectivity index (χ1) is 11.3. The lowest BCUT2D eigenvalue weighted by molar-refractivity contribution is -0.209. The maximum absolute atomic E-state index is 10.4. The van der Waals surface area contributed by atoms with Crippen molar-refractivity contribution in [1.82, 2.24) is 9.55 Å². The number of nitrogens with zero attached hydrogens (tertiary/aromatic N) is 2. The van der Waals surface area contributed by atoms with Gasteiger partial charge < -0.3 is 25.4 Å². The van der Waals surface area contributed by atoms with Crippen LogP contribution in [0.2, 0.25) is 10.0 Å². The molecule has 1 aromatic carbocycles. The molecular formula is C15H19Cl2N3O4. The summed E-state index contributed by atoms with van der Waals surface area (Å²) in [5.41, 5.74) is 1.17. The van der Waals surface area contributed by atoms with Crippen LogP contribution in [0.1, 0.15) is 20.1 Å². The van der Waals surface area contributed by atoms with Gasteiger partial charge in [-0.1, -0.05) is 23.2 Å². The Morgan fingerprint density at radius 2 is 1.88 bits per heavy atom. The lowest BCUT2D eigenvalue weighted by atomic mass is 10.0. The van der Waals surface area contributed by atoms with E-state index in [1.165, 1.54) is 0 Å². The number of halogens is 2. The van der Waals surface area contributed by atoms with Gasteiger partial charge in [-0.25, -0.2) is 4.98 Å². The summed E-state index contributed by atoms with van der Waals surface area (Å²) < 4.78 is 7.19. The molecule has 4 atom stereocenters. The molecule has 4 N–H and O–H groups in total. The number of aromatic nitrogens is 2. The zero-order valence-corrected chi connectivity index (χ0v) is 14.7. The molecule has 0 spiro atoms. The standard InChI is InChI=1S/C15H19Cl2N3O4/c1-6(2)18-15-19-9-3-7(16)8(17)4-10(9)20(15)14-13(23)12(22)11(21)5-24-14/h3-4,6,11-14,21-23H,5H2,1-2H3,(H,18,19)/t11-,12+,13+,14-/m1/s1. The third-order valence-electron chi connectivity index (χ3n) is 3.88. The largest absolute Gasteiger partial charge is 0.388 e. The average Bonchev–Trinajstić information content (AvgIpc) is 2.82. The molecule has 7 nitrogen and oxygen atoms in total. The van der Waals surface area contributed by atoms with Crippen molar-refractivity contribution in [1.29, 1.82) is 0 Å². The summed E-state index contributed by atoms with van der Waals surface area (Å²) in [6, 6.07) is 3.33. The molecular weight excluding hydrogens is 357 g/mol. The van der Waals surface area contributed by atoms with E-state index < -0.39 is 24.5 Å². The first-order valence-electron chi connectivity index (χ1n) is 7.59. The monoisotopic (exact) mass is 375 g/mol. The van der Waals surface area contributed by atoms with Crippen LogP contribution in [-0.2, 0) is 4.74 Å². The predicted molar refractivity (Wildman–Crippen MR) is 91.5 cm³/mol. The van der Waals surface area contributed by atoms with Gasteiger partial charge >= 0.3 is 0 Å². The minimum atomic E-state index is -1.33. The number of aliphatic hydroxyl groups excluding tert-OH is 3. The average molecular weight is 376 g/mol. The van der Waals surface area contributed by atoms with Gasteiger partial charge in [0.2, 0.25) is 5.95 Å². The minimum absolute atomic E-state index is 0.0720. The van der Waals surface area contributed by atoms with Crippen molar-refractivity contribution in [3.63, 3.8) is 0 Å². The van der Waals surface area contributed by atoms with Gasteiger partial charge in [-0.2, -0.15) is 0 Å². The molecule has 0 aliphatic carbocycles. The third kappa shape index (κ3) is 3.08. The summed E-state index contributed by atoms with van der Waals surface area (Å²) in [5, 5.41) is 33.9. The molecule has 1 aliphatic heterocycles. The van der Waals surface area contributed by atoms with E-state index in [0.717, 1.165) is 0 Å². The summed E-state index contributed by atoms with van der Waals surface area (Å²) >= 11 is 12.2. The molecule has 1 saturated heterocycles. The van der Waals surface area contributed by atoms with Gasteiger partial charge in [0.1, 0.15) is 18.3 Å². The molecule has 2 aromatic rings. The van der Waals surface area contributed by atoms with Crippen LogP contribution < -0.4 is 5.32 Å². The molecule has 1 aromatic heterocycles. The van der Waals surface area contributed by atoms with Crippen LogP contribution in [0.3, 0.4) is 0 Å². The number of fused-ring (bicyclic) bond motifs is 1. The summed E-state index contributed by atoms with van der Waals surface area (Å²) in [5.74, 6) is 0.450. The number of anilines is 1. The molecule has 1 fully saturated rings. The van der Waals surface area contributed by atoms with Crippen molar-refractivity contribution in [2.24, 2.45) is 0 Å². The fourth-order valence-corrected chi connectivity index (χ4v) is 3.04. The molecule has 0 unspecified atom stereocenters. The maximum atomic E-state index is 10.4. The van der Waals surface area contributed by atoms with Crippen molar-refractivity contribution >= 4 is 40.2 Å². The quantitative estimate of drug-likeness (QED) is 0.652. The van der Waals surface area contributed by atoms with E-state index in [2.05, 4.69) is 10.3 Å². The lowest BCUT2D eigenvalue weighted by Crippen LogP contribution is -2.50. The fraction of sp³-hybridized carbons (Fsp3) is 0.533.